The third-order valence-corrected chi connectivity index (χ3v) is 2.11. The van der Waals surface area contributed by atoms with Crippen LogP contribution >= 0.6 is 0 Å². The monoisotopic (exact) mass is 168 g/mol. The van der Waals surface area contributed by atoms with Gasteiger partial charge in [0, 0.05) is 6.42 Å². The topological polar surface area (TPSA) is 20.2 Å². The number of hydrogen-bond acceptors (Lipinski definition) is 1. The number of hydrogen-bond donors (Lipinski definition) is 1. The molecule has 1 heteroatoms. The second-order valence-electron chi connectivity index (χ2n) is 4.56. The van der Waals surface area contributed by atoms with Crippen LogP contribution in [0.3, 0.4) is 0 Å². The van der Waals surface area contributed by atoms with E-state index in [2.05, 4.69) is 19.8 Å². The molecule has 70 valence electrons. The smallest absolute Gasteiger partial charge is 0.0568 e. The van der Waals surface area contributed by atoms with Gasteiger partial charge in [0.05, 0.1) is 6.10 Å². The molecular formula is C11H20O. The Hall–Kier alpha value is -0.480. The van der Waals surface area contributed by atoms with Crippen molar-refractivity contribution in [1.82, 2.24) is 0 Å². The molecule has 0 aromatic heterocycles. The van der Waals surface area contributed by atoms with E-state index in [4.69, 9.17) is 6.42 Å². The molecule has 0 fully saturated rings. The van der Waals surface area contributed by atoms with Crippen LogP contribution in [0.25, 0.3) is 0 Å². The molecule has 1 atom stereocenters. The third kappa shape index (κ3) is 4.41. The number of aliphatic hydroxyl groups excluding tert-OH is 1. The maximum Gasteiger partial charge on any atom is 0.0568 e. The summed E-state index contributed by atoms with van der Waals surface area (Å²) in [6, 6.07) is 0. The summed E-state index contributed by atoms with van der Waals surface area (Å²) < 4.78 is 0. The molecule has 0 spiro atoms. The Morgan fingerprint density at radius 3 is 2.25 bits per heavy atom. The lowest BCUT2D eigenvalue weighted by Gasteiger charge is -2.27. The van der Waals surface area contributed by atoms with Crippen molar-refractivity contribution in [1.29, 1.82) is 0 Å². The fourth-order valence-electron chi connectivity index (χ4n) is 1.15. The molecule has 0 saturated carbocycles. The van der Waals surface area contributed by atoms with Crippen LogP contribution in [0.4, 0.5) is 0 Å². The minimum absolute atomic E-state index is 0.0679. The molecule has 1 nitrogen and oxygen atoms in total. The Labute approximate surface area is 76.2 Å². The lowest BCUT2D eigenvalue weighted by molar-refractivity contribution is 0.0760. The Bertz CT molecular complexity index is 162. The summed E-state index contributed by atoms with van der Waals surface area (Å²) in [4.78, 5) is 0. The first-order valence-corrected chi connectivity index (χ1v) is 4.50. The van der Waals surface area contributed by atoms with Crippen LogP contribution in [0, 0.1) is 23.7 Å². The van der Waals surface area contributed by atoms with Gasteiger partial charge in [-0.3, -0.25) is 0 Å². The van der Waals surface area contributed by atoms with Gasteiger partial charge < -0.3 is 5.11 Å². The normalized spacial score (nSPS) is 14.4. The number of terminal acetylenes is 1. The second-order valence-corrected chi connectivity index (χ2v) is 4.56. The SMILES string of the molecule is C#CCC(C)(C)CC(O)C(C)C. The van der Waals surface area contributed by atoms with Crippen LogP contribution in [0.15, 0.2) is 0 Å². The zero-order valence-electron chi connectivity index (χ0n) is 8.59. The van der Waals surface area contributed by atoms with Crippen LogP contribution in [-0.4, -0.2) is 11.2 Å². The average Bonchev–Trinajstić information content (AvgIpc) is 1.85. The average molecular weight is 168 g/mol. The van der Waals surface area contributed by atoms with E-state index in [9.17, 15) is 5.11 Å². The summed E-state index contributed by atoms with van der Waals surface area (Å²) in [5, 5.41) is 9.62. The van der Waals surface area contributed by atoms with E-state index in [-0.39, 0.29) is 11.5 Å². The van der Waals surface area contributed by atoms with Crippen LogP contribution < -0.4 is 0 Å². The molecule has 0 amide bonds. The van der Waals surface area contributed by atoms with E-state index >= 15 is 0 Å². The fraction of sp³-hybridized carbons (Fsp3) is 0.818. The highest BCUT2D eigenvalue weighted by atomic mass is 16.3. The summed E-state index contributed by atoms with van der Waals surface area (Å²) in [5.41, 5.74) is 0.0679. The van der Waals surface area contributed by atoms with E-state index in [0.29, 0.717) is 5.92 Å². The quantitative estimate of drug-likeness (QED) is 0.639. The van der Waals surface area contributed by atoms with Gasteiger partial charge in [-0.15, -0.1) is 12.3 Å². The molecule has 1 N–H and O–H groups in total. The zero-order chi connectivity index (χ0) is 9.78. The lowest BCUT2D eigenvalue weighted by Crippen LogP contribution is -2.24. The molecule has 0 aliphatic rings. The van der Waals surface area contributed by atoms with Gasteiger partial charge in [-0.2, -0.15) is 0 Å². The first kappa shape index (κ1) is 11.5. The van der Waals surface area contributed by atoms with Gasteiger partial charge in [0.15, 0.2) is 0 Å². The Morgan fingerprint density at radius 1 is 1.42 bits per heavy atom. The highest BCUT2D eigenvalue weighted by Gasteiger charge is 2.22. The van der Waals surface area contributed by atoms with Crippen molar-refractivity contribution in [3.8, 4) is 12.3 Å². The van der Waals surface area contributed by atoms with E-state index in [1.54, 1.807) is 0 Å². The molecule has 0 aliphatic carbocycles. The maximum absolute atomic E-state index is 9.62. The molecule has 0 saturated heterocycles. The summed E-state index contributed by atoms with van der Waals surface area (Å²) in [6.45, 7) is 8.24. The molecule has 0 rings (SSSR count). The van der Waals surface area contributed by atoms with Crippen LogP contribution in [-0.2, 0) is 0 Å². The predicted molar refractivity (Wildman–Crippen MR) is 52.7 cm³/mol. The highest BCUT2D eigenvalue weighted by molar-refractivity contribution is 4.91. The van der Waals surface area contributed by atoms with Crippen molar-refractivity contribution in [2.75, 3.05) is 0 Å². The Morgan fingerprint density at radius 2 is 1.92 bits per heavy atom. The molecule has 0 aliphatic heterocycles. The molecule has 12 heavy (non-hydrogen) atoms. The standard InChI is InChI=1S/C11H20O/c1-6-7-11(4,5)8-10(12)9(2)3/h1,9-10,12H,7-8H2,2-5H3. The summed E-state index contributed by atoms with van der Waals surface area (Å²) in [7, 11) is 0. The van der Waals surface area contributed by atoms with Crippen molar-refractivity contribution in [2.24, 2.45) is 11.3 Å². The van der Waals surface area contributed by atoms with Crippen LogP contribution in [0.1, 0.15) is 40.5 Å². The van der Waals surface area contributed by atoms with Crippen LogP contribution in [0.2, 0.25) is 0 Å². The predicted octanol–water partition coefficient (Wildman–Crippen LogP) is 2.44. The summed E-state index contributed by atoms with van der Waals surface area (Å²) in [6.07, 6.45) is 6.53. The molecule has 0 heterocycles. The fourth-order valence-corrected chi connectivity index (χ4v) is 1.15. The minimum Gasteiger partial charge on any atom is -0.393 e. The number of aliphatic hydroxyl groups is 1. The summed E-state index contributed by atoms with van der Waals surface area (Å²) >= 11 is 0. The molecule has 0 aromatic carbocycles. The van der Waals surface area contributed by atoms with Gasteiger partial charge >= 0.3 is 0 Å². The first-order chi connectivity index (χ1) is 5.39. The lowest BCUT2D eigenvalue weighted by atomic mass is 9.81. The molecule has 0 aromatic rings. The second kappa shape index (κ2) is 4.52. The van der Waals surface area contributed by atoms with Crippen molar-refractivity contribution in [3.05, 3.63) is 0 Å². The largest absolute Gasteiger partial charge is 0.393 e. The van der Waals surface area contributed by atoms with Gasteiger partial charge in [0.2, 0.25) is 0 Å². The Balaban J connectivity index is 3.98. The van der Waals surface area contributed by atoms with Gasteiger partial charge in [-0.25, -0.2) is 0 Å². The molecular weight excluding hydrogens is 148 g/mol. The maximum atomic E-state index is 9.62. The van der Waals surface area contributed by atoms with Gasteiger partial charge in [-0.05, 0) is 17.8 Å². The van der Waals surface area contributed by atoms with Gasteiger partial charge in [0.1, 0.15) is 0 Å². The van der Waals surface area contributed by atoms with Crippen LogP contribution in [0.5, 0.6) is 0 Å². The van der Waals surface area contributed by atoms with Gasteiger partial charge in [-0.1, -0.05) is 27.7 Å². The highest BCUT2D eigenvalue weighted by Crippen LogP contribution is 2.28. The van der Waals surface area contributed by atoms with E-state index in [1.807, 2.05) is 13.8 Å². The van der Waals surface area contributed by atoms with Crippen molar-refractivity contribution < 1.29 is 5.11 Å². The van der Waals surface area contributed by atoms with Crippen molar-refractivity contribution >= 4 is 0 Å². The molecule has 0 radical (unpaired) electrons. The third-order valence-electron chi connectivity index (χ3n) is 2.11. The first-order valence-electron chi connectivity index (χ1n) is 4.50. The van der Waals surface area contributed by atoms with Gasteiger partial charge in [0.25, 0.3) is 0 Å². The zero-order valence-corrected chi connectivity index (χ0v) is 8.59. The molecule has 1 unspecified atom stereocenters. The van der Waals surface area contributed by atoms with Crippen molar-refractivity contribution in [2.45, 2.75) is 46.6 Å². The Kier molecular flexibility index (Phi) is 4.34. The van der Waals surface area contributed by atoms with E-state index in [1.165, 1.54) is 0 Å². The summed E-state index contributed by atoms with van der Waals surface area (Å²) in [5.74, 6) is 2.96. The molecule has 0 bridgehead atoms. The van der Waals surface area contributed by atoms with Crippen molar-refractivity contribution in [3.63, 3.8) is 0 Å². The van der Waals surface area contributed by atoms with E-state index in [0.717, 1.165) is 12.8 Å². The minimum atomic E-state index is -0.228. The van der Waals surface area contributed by atoms with E-state index < -0.39 is 0 Å². The number of rotatable bonds is 4.